The van der Waals surface area contributed by atoms with Crippen molar-refractivity contribution in [2.75, 3.05) is 14.2 Å². The number of rotatable bonds is 4. The van der Waals surface area contributed by atoms with E-state index in [1.54, 1.807) is 7.11 Å². The van der Waals surface area contributed by atoms with Gasteiger partial charge < -0.3 is 4.84 Å². The highest BCUT2D eigenvalue weighted by Gasteiger charge is 2.40. The first kappa shape index (κ1) is 16.8. The molecule has 124 valence electrons. The van der Waals surface area contributed by atoms with Crippen molar-refractivity contribution < 1.29 is 4.84 Å². The van der Waals surface area contributed by atoms with E-state index in [9.17, 15) is 0 Å². The molecular formula is C18H22Cl2N2O. The first-order valence-electron chi connectivity index (χ1n) is 8.07. The molecule has 0 amide bonds. The highest BCUT2D eigenvalue weighted by atomic mass is 35.5. The largest absolute Gasteiger partial charge is 0.399 e. The van der Waals surface area contributed by atoms with E-state index in [2.05, 4.69) is 30.1 Å². The Morgan fingerprint density at radius 1 is 1.30 bits per heavy atom. The fourth-order valence-corrected chi connectivity index (χ4v) is 4.19. The number of hydrogen-bond donors (Lipinski definition) is 0. The van der Waals surface area contributed by atoms with Gasteiger partial charge in [0.05, 0.1) is 15.8 Å². The standard InChI is InChI=1S/C18H22Cl2N2O/c1-4-16(21-23-3)18-13(10-12-6-8-17(18)22(12)2)11-5-7-14(19)15(20)9-11/h5,7,9,12,17H,4,6,8,10H2,1-3H3. The molecule has 0 N–H and O–H groups in total. The molecule has 3 rings (SSSR count). The molecule has 0 radical (unpaired) electrons. The van der Waals surface area contributed by atoms with Crippen LogP contribution in [-0.2, 0) is 4.84 Å². The summed E-state index contributed by atoms with van der Waals surface area (Å²) in [5.41, 5.74) is 4.83. The minimum atomic E-state index is 0.409. The molecule has 2 aliphatic heterocycles. The summed E-state index contributed by atoms with van der Waals surface area (Å²) >= 11 is 12.3. The highest BCUT2D eigenvalue weighted by molar-refractivity contribution is 6.42. The number of benzene rings is 1. The lowest BCUT2D eigenvalue weighted by Gasteiger charge is -2.35. The monoisotopic (exact) mass is 352 g/mol. The second-order valence-electron chi connectivity index (χ2n) is 6.21. The zero-order chi connectivity index (χ0) is 16.6. The van der Waals surface area contributed by atoms with Crippen molar-refractivity contribution in [3.63, 3.8) is 0 Å². The molecule has 3 nitrogen and oxygen atoms in total. The lowest BCUT2D eigenvalue weighted by atomic mass is 9.85. The van der Waals surface area contributed by atoms with E-state index >= 15 is 0 Å². The number of nitrogens with zero attached hydrogens (tertiary/aromatic N) is 2. The number of likely N-dealkylation sites (N-methyl/N-ethyl adjacent to an activating group) is 1. The number of halogens is 2. The first-order chi connectivity index (χ1) is 11.1. The summed E-state index contributed by atoms with van der Waals surface area (Å²) in [6.07, 6.45) is 4.26. The average Bonchev–Trinajstić information content (AvgIpc) is 2.78. The van der Waals surface area contributed by atoms with Crippen molar-refractivity contribution in [2.45, 2.75) is 44.7 Å². The van der Waals surface area contributed by atoms with Gasteiger partial charge in [-0.3, -0.25) is 4.90 Å². The molecule has 1 aromatic carbocycles. The van der Waals surface area contributed by atoms with Gasteiger partial charge in [-0.15, -0.1) is 0 Å². The van der Waals surface area contributed by atoms with Gasteiger partial charge in [0.25, 0.3) is 0 Å². The highest BCUT2D eigenvalue weighted by Crippen LogP contribution is 2.43. The normalized spacial score (nSPS) is 25.2. The van der Waals surface area contributed by atoms with Crippen molar-refractivity contribution in [3.05, 3.63) is 39.4 Å². The molecular weight excluding hydrogens is 331 g/mol. The van der Waals surface area contributed by atoms with Crippen LogP contribution in [0.2, 0.25) is 10.0 Å². The average molecular weight is 353 g/mol. The molecule has 1 aromatic rings. The summed E-state index contributed by atoms with van der Waals surface area (Å²) in [4.78, 5) is 7.59. The van der Waals surface area contributed by atoms with Crippen LogP contribution in [0.5, 0.6) is 0 Å². The molecule has 5 heteroatoms. The molecule has 2 atom stereocenters. The van der Waals surface area contributed by atoms with E-state index in [-0.39, 0.29) is 0 Å². The molecule has 1 fully saturated rings. The Labute approximate surface area is 147 Å². The molecule has 0 saturated carbocycles. The van der Waals surface area contributed by atoms with Gasteiger partial charge in [-0.2, -0.15) is 0 Å². The summed E-state index contributed by atoms with van der Waals surface area (Å²) in [7, 11) is 3.83. The smallest absolute Gasteiger partial charge is 0.106 e. The van der Waals surface area contributed by atoms with Gasteiger partial charge in [-0.05, 0) is 61.6 Å². The Hall–Kier alpha value is -1.03. The van der Waals surface area contributed by atoms with Crippen molar-refractivity contribution in [3.8, 4) is 0 Å². The molecule has 0 aliphatic carbocycles. The second kappa shape index (κ2) is 6.84. The predicted molar refractivity (Wildman–Crippen MR) is 97.3 cm³/mol. The summed E-state index contributed by atoms with van der Waals surface area (Å²) in [6, 6.07) is 6.92. The van der Waals surface area contributed by atoms with Gasteiger partial charge in [-0.25, -0.2) is 0 Å². The summed E-state index contributed by atoms with van der Waals surface area (Å²) < 4.78 is 0. The second-order valence-corrected chi connectivity index (χ2v) is 7.03. The molecule has 2 aliphatic rings. The van der Waals surface area contributed by atoms with Gasteiger partial charge >= 0.3 is 0 Å². The molecule has 23 heavy (non-hydrogen) atoms. The van der Waals surface area contributed by atoms with Crippen molar-refractivity contribution >= 4 is 34.5 Å². The molecule has 2 bridgehead atoms. The van der Waals surface area contributed by atoms with E-state index in [0.717, 1.165) is 24.1 Å². The van der Waals surface area contributed by atoms with Crippen LogP contribution in [0.15, 0.2) is 28.9 Å². The third-order valence-corrected chi connectivity index (χ3v) is 5.79. The molecule has 1 saturated heterocycles. The van der Waals surface area contributed by atoms with Gasteiger partial charge in [0.2, 0.25) is 0 Å². The number of hydrogen-bond acceptors (Lipinski definition) is 3. The fourth-order valence-electron chi connectivity index (χ4n) is 3.89. The summed E-state index contributed by atoms with van der Waals surface area (Å²) in [5.74, 6) is 0. The lowest BCUT2D eigenvalue weighted by Crippen LogP contribution is -2.40. The van der Waals surface area contributed by atoms with Crippen LogP contribution >= 0.6 is 23.2 Å². The van der Waals surface area contributed by atoms with Crippen LogP contribution in [0.1, 0.15) is 38.2 Å². The maximum absolute atomic E-state index is 6.25. The molecule has 0 spiro atoms. The summed E-state index contributed by atoms with van der Waals surface area (Å²) in [5, 5.41) is 5.50. The van der Waals surface area contributed by atoms with Crippen molar-refractivity contribution in [1.82, 2.24) is 4.90 Å². The Morgan fingerprint density at radius 2 is 2.09 bits per heavy atom. The van der Waals surface area contributed by atoms with E-state index in [1.165, 1.54) is 24.0 Å². The zero-order valence-electron chi connectivity index (χ0n) is 13.8. The predicted octanol–water partition coefficient (Wildman–Crippen LogP) is 5.03. The third kappa shape index (κ3) is 3.02. The third-order valence-electron chi connectivity index (χ3n) is 5.05. The maximum atomic E-state index is 6.25. The molecule has 0 aromatic heterocycles. The Morgan fingerprint density at radius 3 is 2.74 bits per heavy atom. The van der Waals surface area contributed by atoms with Crippen LogP contribution in [0, 0.1) is 0 Å². The topological polar surface area (TPSA) is 24.8 Å². The van der Waals surface area contributed by atoms with E-state index < -0.39 is 0 Å². The Balaban J connectivity index is 2.16. The van der Waals surface area contributed by atoms with Crippen LogP contribution in [0.4, 0.5) is 0 Å². The lowest BCUT2D eigenvalue weighted by molar-refractivity contribution is 0.211. The van der Waals surface area contributed by atoms with Gasteiger partial charge in [-0.1, -0.05) is 41.3 Å². The van der Waals surface area contributed by atoms with Gasteiger partial charge in [0.15, 0.2) is 0 Å². The number of fused-ring (bicyclic) bond motifs is 2. The quantitative estimate of drug-likeness (QED) is 0.560. The SMILES string of the molecule is CCC(=NOC)C1=C(c2ccc(Cl)c(Cl)c2)CC2CCC1N2C. The Bertz CT molecular complexity index is 669. The van der Waals surface area contributed by atoms with Crippen LogP contribution < -0.4 is 0 Å². The van der Waals surface area contributed by atoms with Crippen molar-refractivity contribution in [1.29, 1.82) is 0 Å². The first-order valence-corrected chi connectivity index (χ1v) is 8.83. The van der Waals surface area contributed by atoms with E-state index in [4.69, 9.17) is 28.0 Å². The maximum Gasteiger partial charge on any atom is 0.106 e. The van der Waals surface area contributed by atoms with E-state index in [1.807, 2.05) is 12.1 Å². The minimum Gasteiger partial charge on any atom is -0.399 e. The fraction of sp³-hybridized carbons (Fsp3) is 0.500. The summed E-state index contributed by atoms with van der Waals surface area (Å²) in [6.45, 7) is 2.12. The Kier molecular flexibility index (Phi) is 5.00. The minimum absolute atomic E-state index is 0.409. The molecule has 2 unspecified atom stereocenters. The molecule has 2 heterocycles. The van der Waals surface area contributed by atoms with Crippen LogP contribution in [0.25, 0.3) is 5.57 Å². The number of oxime groups is 1. The van der Waals surface area contributed by atoms with Crippen molar-refractivity contribution in [2.24, 2.45) is 5.16 Å². The van der Waals surface area contributed by atoms with Gasteiger partial charge in [0.1, 0.15) is 7.11 Å². The van der Waals surface area contributed by atoms with Crippen LogP contribution in [-0.4, -0.2) is 36.9 Å². The van der Waals surface area contributed by atoms with Gasteiger partial charge in [0, 0.05) is 12.1 Å². The van der Waals surface area contributed by atoms with Crippen LogP contribution in [0.3, 0.4) is 0 Å². The van der Waals surface area contributed by atoms with E-state index in [0.29, 0.717) is 22.1 Å². The zero-order valence-corrected chi connectivity index (χ0v) is 15.3.